The van der Waals surface area contributed by atoms with Crippen molar-refractivity contribution >= 4 is 11.9 Å². The summed E-state index contributed by atoms with van der Waals surface area (Å²) in [6, 6.07) is 11.1. The molecule has 0 radical (unpaired) electrons. The molecule has 0 aliphatic carbocycles. The number of esters is 2. The molecular formula is C32H42O8. The molecule has 40 heavy (non-hydrogen) atoms. The molecular weight excluding hydrogens is 512 g/mol. The molecule has 8 heteroatoms. The molecule has 0 saturated carbocycles. The van der Waals surface area contributed by atoms with Gasteiger partial charge >= 0.3 is 11.9 Å². The molecule has 0 bridgehead atoms. The largest absolute Gasteiger partial charge is 0.491 e. The fourth-order valence-corrected chi connectivity index (χ4v) is 3.65. The first kappa shape index (κ1) is 32.4. The molecule has 1 atom stereocenters. The molecule has 0 fully saturated rings. The average molecular weight is 555 g/mol. The maximum Gasteiger partial charge on any atom is 0.338 e. The Morgan fingerprint density at radius 1 is 0.825 bits per heavy atom. The number of hydrogen-bond donors (Lipinski definition) is 1. The fourth-order valence-electron chi connectivity index (χ4n) is 3.65. The van der Waals surface area contributed by atoms with Gasteiger partial charge in [-0.3, -0.25) is 0 Å². The molecule has 0 aliphatic rings. The minimum absolute atomic E-state index is 0.0380. The van der Waals surface area contributed by atoms with Crippen LogP contribution in [0.5, 0.6) is 23.0 Å². The predicted octanol–water partition coefficient (Wildman–Crippen LogP) is 5.93. The van der Waals surface area contributed by atoms with Crippen molar-refractivity contribution in [1.82, 2.24) is 0 Å². The lowest BCUT2D eigenvalue weighted by molar-refractivity contribution is -0.142. The van der Waals surface area contributed by atoms with E-state index in [0.717, 1.165) is 24.0 Å². The summed E-state index contributed by atoms with van der Waals surface area (Å²) in [4.78, 5) is 23.8. The minimum atomic E-state index is -0.975. The summed E-state index contributed by atoms with van der Waals surface area (Å²) in [7, 11) is 0. The van der Waals surface area contributed by atoms with Crippen LogP contribution < -0.4 is 18.9 Å². The van der Waals surface area contributed by atoms with Crippen molar-refractivity contribution in [2.75, 3.05) is 26.4 Å². The van der Waals surface area contributed by atoms with Gasteiger partial charge in [-0.1, -0.05) is 59.1 Å². The summed E-state index contributed by atoms with van der Waals surface area (Å²) in [6.07, 6.45) is 0.575. The number of carbonyl (C=O) groups is 2. The number of ether oxygens (including phenoxy) is 5. The van der Waals surface area contributed by atoms with Gasteiger partial charge in [-0.25, -0.2) is 9.59 Å². The summed E-state index contributed by atoms with van der Waals surface area (Å²) in [5, 5.41) is 10.1. The molecule has 2 aromatic carbocycles. The highest BCUT2D eigenvalue weighted by Gasteiger charge is 2.31. The smallest absolute Gasteiger partial charge is 0.338 e. The van der Waals surface area contributed by atoms with Gasteiger partial charge in [0.2, 0.25) is 5.75 Å². The Labute approximate surface area is 237 Å². The van der Waals surface area contributed by atoms with Gasteiger partial charge in [-0.2, -0.15) is 0 Å². The van der Waals surface area contributed by atoms with Crippen molar-refractivity contribution in [3.8, 4) is 23.0 Å². The number of benzene rings is 2. The first-order valence-corrected chi connectivity index (χ1v) is 13.5. The maximum absolute atomic E-state index is 12.3. The molecule has 218 valence electrons. The normalized spacial score (nSPS) is 11.8. The van der Waals surface area contributed by atoms with Crippen LogP contribution in [-0.4, -0.2) is 49.6 Å². The van der Waals surface area contributed by atoms with Crippen molar-refractivity contribution < 1.29 is 38.4 Å². The number of rotatable bonds is 16. The van der Waals surface area contributed by atoms with E-state index in [1.807, 2.05) is 44.2 Å². The van der Waals surface area contributed by atoms with E-state index in [1.165, 1.54) is 0 Å². The van der Waals surface area contributed by atoms with Crippen molar-refractivity contribution in [2.24, 2.45) is 0 Å². The van der Waals surface area contributed by atoms with Crippen LogP contribution >= 0.6 is 0 Å². The van der Waals surface area contributed by atoms with E-state index in [9.17, 15) is 14.7 Å². The van der Waals surface area contributed by atoms with Crippen LogP contribution in [0.3, 0.4) is 0 Å². The molecule has 2 rings (SSSR count). The van der Waals surface area contributed by atoms with E-state index >= 15 is 0 Å². The van der Waals surface area contributed by atoms with Gasteiger partial charge in [0.25, 0.3) is 0 Å². The summed E-state index contributed by atoms with van der Waals surface area (Å²) >= 11 is 0. The van der Waals surface area contributed by atoms with Crippen LogP contribution in [0.1, 0.15) is 65.5 Å². The van der Waals surface area contributed by atoms with E-state index in [-0.39, 0.29) is 30.1 Å². The lowest BCUT2D eigenvalue weighted by Gasteiger charge is -2.30. The number of aliphatic hydroxyl groups is 1. The van der Waals surface area contributed by atoms with Gasteiger partial charge in [0.1, 0.15) is 25.1 Å². The number of hydrogen-bond acceptors (Lipinski definition) is 8. The molecule has 0 amide bonds. The van der Waals surface area contributed by atoms with Crippen LogP contribution in [0.25, 0.3) is 0 Å². The highest BCUT2D eigenvalue weighted by atomic mass is 16.6. The molecule has 0 aromatic heterocycles. The van der Waals surface area contributed by atoms with Gasteiger partial charge in [-0.05, 0) is 50.5 Å². The first-order chi connectivity index (χ1) is 18.9. The molecule has 0 saturated heterocycles. The zero-order chi connectivity index (χ0) is 29.9. The Bertz CT molecular complexity index is 1180. The summed E-state index contributed by atoms with van der Waals surface area (Å²) in [5.41, 5.74) is 1.86. The SMILES string of the molecule is C=C(C)C(=O)OCC(O)COc1ccc(C(C)(C)c2ccc(OC(=O)C(=C)C)c(OCCC)c2OCCC)cc1. The van der Waals surface area contributed by atoms with Gasteiger partial charge in [0.05, 0.1) is 13.2 Å². The van der Waals surface area contributed by atoms with E-state index < -0.39 is 23.5 Å². The van der Waals surface area contributed by atoms with Crippen LogP contribution in [-0.2, 0) is 19.7 Å². The second-order valence-corrected chi connectivity index (χ2v) is 10.1. The second-order valence-electron chi connectivity index (χ2n) is 10.1. The van der Waals surface area contributed by atoms with Crippen LogP contribution in [0, 0.1) is 0 Å². The third-order valence-electron chi connectivity index (χ3n) is 5.98. The Hall–Kier alpha value is -3.78. The Kier molecular flexibility index (Phi) is 12.3. The van der Waals surface area contributed by atoms with Crippen LogP contribution in [0.4, 0.5) is 0 Å². The topological polar surface area (TPSA) is 101 Å². The Morgan fingerprint density at radius 2 is 1.40 bits per heavy atom. The van der Waals surface area contributed by atoms with E-state index in [0.29, 0.717) is 30.5 Å². The summed E-state index contributed by atoms with van der Waals surface area (Å²) in [5.74, 6) is 0.657. The van der Waals surface area contributed by atoms with Crippen LogP contribution in [0.15, 0.2) is 60.7 Å². The molecule has 1 N–H and O–H groups in total. The number of carbonyl (C=O) groups excluding carboxylic acids is 2. The van der Waals surface area contributed by atoms with Crippen molar-refractivity contribution in [3.63, 3.8) is 0 Å². The van der Waals surface area contributed by atoms with Crippen molar-refractivity contribution in [2.45, 2.75) is 65.9 Å². The molecule has 8 nitrogen and oxygen atoms in total. The lowest BCUT2D eigenvalue weighted by atomic mass is 9.77. The van der Waals surface area contributed by atoms with Gasteiger partial charge < -0.3 is 28.8 Å². The highest BCUT2D eigenvalue weighted by Crippen LogP contribution is 2.47. The monoisotopic (exact) mass is 554 g/mol. The fraction of sp³-hybridized carbons (Fsp3) is 0.438. The Morgan fingerprint density at radius 3 is 1.95 bits per heavy atom. The first-order valence-electron chi connectivity index (χ1n) is 13.5. The van der Waals surface area contributed by atoms with Gasteiger partial charge in [0.15, 0.2) is 11.5 Å². The Balaban J connectivity index is 2.33. The highest BCUT2D eigenvalue weighted by molar-refractivity contribution is 5.89. The molecule has 0 heterocycles. The van der Waals surface area contributed by atoms with Gasteiger partial charge in [0, 0.05) is 22.1 Å². The summed E-state index contributed by atoms with van der Waals surface area (Å²) in [6.45, 7) is 19.1. The third kappa shape index (κ3) is 8.88. The summed E-state index contributed by atoms with van der Waals surface area (Å²) < 4.78 is 28.5. The molecule has 0 spiro atoms. The molecule has 1 unspecified atom stereocenters. The zero-order valence-corrected chi connectivity index (χ0v) is 24.5. The zero-order valence-electron chi connectivity index (χ0n) is 24.5. The molecule has 2 aromatic rings. The number of aliphatic hydroxyl groups excluding tert-OH is 1. The lowest BCUT2D eigenvalue weighted by Crippen LogP contribution is -2.25. The van der Waals surface area contributed by atoms with E-state index in [1.54, 1.807) is 19.9 Å². The maximum atomic E-state index is 12.3. The molecule has 0 aliphatic heterocycles. The van der Waals surface area contributed by atoms with E-state index in [4.69, 9.17) is 23.7 Å². The van der Waals surface area contributed by atoms with Crippen LogP contribution in [0.2, 0.25) is 0 Å². The minimum Gasteiger partial charge on any atom is -0.491 e. The van der Waals surface area contributed by atoms with Crippen molar-refractivity contribution in [3.05, 3.63) is 71.8 Å². The third-order valence-corrected chi connectivity index (χ3v) is 5.98. The average Bonchev–Trinajstić information content (AvgIpc) is 2.92. The standard InChI is InChI=1S/C32H42O8/c1-9-17-36-28-26(15-16-27(29(28)37-18-10-2)40-31(35)22(5)6)32(7,8)23-11-13-25(14-12-23)38-19-24(33)20-39-30(34)21(3)4/h11-16,24,33H,3,5,9-10,17-20H2,1-2,4,6-8H3. The second kappa shape index (κ2) is 15.1. The predicted molar refractivity (Wildman–Crippen MR) is 154 cm³/mol. The van der Waals surface area contributed by atoms with Crippen molar-refractivity contribution in [1.29, 1.82) is 0 Å². The van der Waals surface area contributed by atoms with E-state index in [2.05, 4.69) is 27.0 Å². The quantitative estimate of drug-likeness (QED) is 0.155. The van der Waals surface area contributed by atoms with Gasteiger partial charge in [-0.15, -0.1) is 0 Å².